The van der Waals surface area contributed by atoms with Crippen LogP contribution in [-0.2, 0) is 5.54 Å². The van der Waals surface area contributed by atoms with Crippen molar-refractivity contribution in [2.45, 2.75) is 45.1 Å². The molecule has 0 spiro atoms. The van der Waals surface area contributed by atoms with Crippen molar-refractivity contribution in [2.24, 2.45) is 11.7 Å². The predicted molar refractivity (Wildman–Crippen MR) is 85.8 cm³/mol. The van der Waals surface area contributed by atoms with Crippen LogP contribution in [0.3, 0.4) is 0 Å². The van der Waals surface area contributed by atoms with Gasteiger partial charge in [-0.3, -0.25) is 0 Å². The Kier molecular flexibility index (Phi) is 3.65. The van der Waals surface area contributed by atoms with E-state index in [1.165, 1.54) is 24.0 Å². The Bertz CT molecular complexity index is 605. The van der Waals surface area contributed by atoms with Crippen molar-refractivity contribution in [3.8, 4) is 11.3 Å². The summed E-state index contributed by atoms with van der Waals surface area (Å²) in [7, 11) is 0. The van der Waals surface area contributed by atoms with E-state index in [9.17, 15) is 0 Å². The van der Waals surface area contributed by atoms with Gasteiger partial charge < -0.3 is 5.73 Å². The van der Waals surface area contributed by atoms with Gasteiger partial charge in [0.05, 0.1) is 11.2 Å². The molecular weight excluding hydrogens is 264 g/mol. The molecule has 1 aromatic heterocycles. The van der Waals surface area contributed by atoms with Gasteiger partial charge in [0, 0.05) is 10.9 Å². The molecule has 1 saturated carbocycles. The summed E-state index contributed by atoms with van der Waals surface area (Å²) in [6.45, 7) is 4.44. The standard InChI is InChI=1S/C17H22N2S/c1-12-6-5-9-17(18,10-12)16-19-15(11-20-16)14-8-4-3-7-13(14)2/h3-4,7-8,11-12H,5-6,9-10,18H2,1-2H3. The first-order valence-electron chi connectivity index (χ1n) is 7.39. The van der Waals surface area contributed by atoms with Gasteiger partial charge in [0.15, 0.2) is 0 Å². The van der Waals surface area contributed by atoms with E-state index in [1.807, 2.05) is 0 Å². The number of thiazole rings is 1. The molecule has 0 saturated heterocycles. The second-order valence-electron chi connectivity index (χ2n) is 6.21. The highest BCUT2D eigenvalue weighted by Gasteiger charge is 2.35. The molecule has 1 aliphatic carbocycles. The van der Waals surface area contributed by atoms with E-state index in [0.717, 1.165) is 23.5 Å². The fraction of sp³-hybridized carbons (Fsp3) is 0.471. The molecule has 2 atom stereocenters. The lowest BCUT2D eigenvalue weighted by atomic mass is 9.77. The highest BCUT2D eigenvalue weighted by molar-refractivity contribution is 7.10. The number of aromatic nitrogens is 1. The number of nitrogens with two attached hydrogens (primary N) is 1. The number of hydrogen-bond acceptors (Lipinski definition) is 3. The van der Waals surface area contributed by atoms with Crippen LogP contribution in [0.1, 0.15) is 43.2 Å². The van der Waals surface area contributed by atoms with E-state index in [1.54, 1.807) is 11.3 Å². The van der Waals surface area contributed by atoms with Gasteiger partial charge in [-0.05, 0) is 31.2 Å². The quantitative estimate of drug-likeness (QED) is 0.884. The molecule has 1 heterocycles. The molecule has 0 radical (unpaired) electrons. The third-order valence-corrected chi connectivity index (χ3v) is 5.45. The maximum Gasteiger partial charge on any atom is 0.113 e. The largest absolute Gasteiger partial charge is 0.319 e. The molecule has 2 aromatic rings. The third-order valence-electron chi connectivity index (χ3n) is 4.38. The minimum absolute atomic E-state index is 0.205. The zero-order valence-corrected chi connectivity index (χ0v) is 13.0. The van der Waals surface area contributed by atoms with E-state index >= 15 is 0 Å². The van der Waals surface area contributed by atoms with E-state index in [4.69, 9.17) is 10.7 Å². The van der Waals surface area contributed by atoms with Crippen molar-refractivity contribution < 1.29 is 0 Å². The van der Waals surface area contributed by atoms with Gasteiger partial charge >= 0.3 is 0 Å². The summed E-state index contributed by atoms with van der Waals surface area (Å²) < 4.78 is 0. The molecule has 2 N–H and O–H groups in total. The first kappa shape index (κ1) is 13.8. The molecule has 0 aliphatic heterocycles. The zero-order valence-electron chi connectivity index (χ0n) is 12.2. The summed E-state index contributed by atoms with van der Waals surface area (Å²) in [5.74, 6) is 0.708. The zero-order chi connectivity index (χ0) is 14.2. The van der Waals surface area contributed by atoms with E-state index in [2.05, 4.69) is 43.5 Å². The molecule has 3 rings (SSSR count). The van der Waals surface area contributed by atoms with Crippen molar-refractivity contribution in [3.63, 3.8) is 0 Å². The molecule has 0 amide bonds. The van der Waals surface area contributed by atoms with Gasteiger partial charge in [-0.1, -0.05) is 44.0 Å². The first-order chi connectivity index (χ1) is 9.58. The first-order valence-corrected chi connectivity index (χ1v) is 8.27. The smallest absolute Gasteiger partial charge is 0.113 e. The second kappa shape index (κ2) is 5.30. The second-order valence-corrected chi connectivity index (χ2v) is 7.07. The number of aryl methyl sites for hydroxylation is 1. The molecule has 1 fully saturated rings. The summed E-state index contributed by atoms with van der Waals surface area (Å²) in [5, 5.41) is 3.27. The lowest BCUT2D eigenvalue weighted by molar-refractivity contribution is 0.238. The van der Waals surface area contributed by atoms with E-state index in [-0.39, 0.29) is 5.54 Å². The van der Waals surface area contributed by atoms with Crippen molar-refractivity contribution in [3.05, 3.63) is 40.2 Å². The maximum atomic E-state index is 6.65. The van der Waals surface area contributed by atoms with Crippen LogP contribution in [0.2, 0.25) is 0 Å². The highest BCUT2D eigenvalue weighted by atomic mass is 32.1. The van der Waals surface area contributed by atoms with Gasteiger partial charge in [-0.15, -0.1) is 11.3 Å². The van der Waals surface area contributed by atoms with E-state index < -0.39 is 0 Å². The summed E-state index contributed by atoms with van der Waals surface area (Å²) in [5.41, 5.74) is 10.0. The summed E-state index contributed by atoms with van der Waals surface area (Å²) in [4.78, 5) is 4.86. The summed E-state index contributed by atoms with van der Waals surface area (Å²) in [6.07, 6.45) is 4.65. The van der Waals surface area contributed by atoms with Crippen molar-refractivity contribution in [2.75, 3.05) is 0 Å². The normalized spacial score (nSPS) is 26.6. The average Bonchev–Trinajstić information content (AvgIpc) is 2.89. The number of nitrogens with zero attached hydrogens (tertiary/aromatic N) is 1. The third kappa shape index (κ3) is 2.52. The van der Waals surface area contributed by atoms with Crippen molar-refractivity contribution >= 4 is 11.3 Å². The topological polar surface area (TPSA) is 38.9 Å². The maximum absolute atomic E-state index is 6.65. The molecule has 2 nitrogen and oxygen atoms in total. The van der Waals surface area contributed by atoms with Crippen LogP contribution >= 0.6 is 11.3 Å². The van der Waals surface area contributed by atoms with Gasteiger partial charge in [0.2, 0.25) is 0 Å². The molecule has 1 aliphatic rings. The number of benzene rings is 1. The summed E-state index contributed by atoms with van der Waals surface area (Å²) >= 11 is 1.72. The molecule has 20 heavy (non-hydrogen) atoms. The van der Waals surface area contributed by atoms with Crippen LogP contribution in [0.5, 0.6) is 0 Å². The van der Waals surface area contributed by atoms with Crippen LogP contribution in [0.25, 0.3) is 11.3 Å². The predicted octanol–water partition coefficient (Wildman–Crippen LogP) is 4.48. The fourth-order valence-corrected chi connectivity index (χ4v) is 4.25. The van der Waals surface area contributed by atoms with Crippen molar-refractivity contribution in [1.29, 1.82) is 0 Å². The molecule has 0 bridgehead atoms. The van der Waals surface area contributed by atoms with Gasteiger partial charge in [-0.2, -0.15) is 0 Å². The Morgan fingerprint density at radius 2 is 2.15 bits per heavy atom. The van der Waals surface area contributed by atoms with Gasteiger partial charge in [0.25, 0.3) is 0 Å². The SMILES string of the molecule is Cc1ccccc1-c1csc(C2(N)CCCC(C)C2)n1. The molecule has 1 aromatic carbocycles. The van der Waals surface area contributed by atoms with Crippen LogP contribution < -0.4 is 5.73 Å². The monoisotopic (exact) mass is 286 g/mol. The Morgan fingerprint density at radius 3 is 2.90 bits per heavy atom. The molecular formula is C17H22N2S. The van der Waals surface area contributed by atoms with Crippen LogP contribution in [0.4, 0.5) is 0 Å². The number of rotatable bonds is 2. The van der Waals surface area contributed by atoms with Crippen LogP contribution in [0.15, 0.2) is 29.6 Å². The molecule has 106 valence electrons. The molecule has 2 unspecified atom stereocenters. The lowest BCUT2D eigenvalue weighted by Gasteiger charge is -2.35. The van der Waals surface area contributed by atoms with Crippen LogP contribution in [-0.4, -0.2) is 4.98 Å². The summed E-state index contributed by atoms with van der Waals surface area (Å²) in [6, 6.07) is 8.41. The average molecular weight is 286 g/mol. The van der Waals surface area contributed by atoms with Crippen LogP contribution in [0, 0.1) is 12.8 Å². The minimum atomic E-state index is -0.205. The fourth-order valence-electron chi connectivity index (χ4n) is 3.27. The van der Waals surface area contributed by atoms with Gasteiger partial charge in [-0.25, -0.2) is 4.98 Å². The van der Waals surface area contributed by atoms with E-state index in [0.29, 0.717) is 5.92 Å². The van der Waals surface area contributed by atoms with Crippen molar-refractivity contribution in [1.82, 2.24) is 4.98 Å². The Balaban J connectivity index is 1.92. The molecule has 3 heteroatoms. The lowest BCUT2D eigenvalue weighted by Crippen LogP contribution is -2.40. The highest BCUT2D eigenvalue weighted by Crippen LogP contribution is 2.40. The minimum Gasteiger partial charge on any atom is -0.319 e. The van der Waals surface area contributed by atoms with Gasteiger partial charge in [0.1, 0.15) is 5.01 Å². The Labute approximate surface area is 125 Å². The number of hydrogen-bond donors (Lipinski definition) is 1. The Hall–Kier alpha value is -1.19. The Morgan fingerprint density at radius 1 is 1.35 bits per heavy atom.